The second kappa shape index (κ2) is 5.01. The number of nitrogen functional groups attached to an aromatic ring is 1. The molecule has 0 aromatic heterocycles. The van der Waals surface area contributed by atoms with Gasteiger partial charge in [-0.15, -0.1) is 0 Å². The van der Waals surface area contributed by atoms with Crippen LogP contribution in [0.4, 0.5) is 10.1 Å². The quantitative estimate of drug-likeness (QED) is 0.879. The van der Waals surface area contributed by atoms with E-state index in [1.165, 1.54) is 24.3 Å². The number of rotatable bonds is 3. The minimum absolute atomic E-state index is 0.0192. The zero-order valence-electron chi connectivity index (χ0n) is 10.4. The molecule has 2 aromatic rings. The third kappa shape index (κ3) is 2.76. The van der Waals surface area contributed by atoms with Gasteiger partial charge in [-0.05, 0) is 30.7 Å². The second-order valence-corrected chi connectivity index (χ2v) is 6.29. The molecule has 0 radical (unpaired) electrons. The molecule has 0 unspecified atom stereocenters. The highest BCUT2D eigenvalue weighted by atomic mass is 32.2. The third-order valence-electron chi connectivity index (χ3n) is 2.92. The summed E-state index contributed by atoms with van der Waals surface area (Å²) in [7, 11) is -3.61. The van der Waals surface area contributed by atoms with Crippen molar-refractivity contribution in [3.8, 4) is 0 Å². The van der Waals surface area contributed by atoms with Crippen molar-refractivity contribution in [3.63, 3.8) is 0 Å². The lowest BCUT2D eigenvalue weighted by atomic mass is 10.2. The molecule has 2 aromatic carbocycles. The number of hydrogen-bond donors (Lipinski definition) is 1. The van der Waals surface area contributed by atoms with E-state index in [4.69, 9.17) is 5.73 Å². The Morgan fingerprint density at radius 3 is 2.42 bits per heavy atom. The van der Waals surface area contributed by atoms with E-state index >= 15 is 0 Å². The van der Waals surface area contributed by atoms with Crippen LogP contribution in [0.5, 0.6) is 0 Å². The molecule has 0 amide bonds. The molecule has 0 atom stereocenters. The van der Waals surface area contributed by atoms with Crippen molar-refractivity contribution < 1.29 is 12.8 Å². The molecule has 0 spiro atoms. The first-order valence-corrected chi connectivity index (χ1v) is 7.38. The number of anilines is 1. The van der Waals surface area contributed by atoms with Crippen molar-refractivity contribution in [3.05, 3.63) is 59.4 Å². The fourth-order valence-corrected chi connectivity index (χ4v) is 3.59. The Morgan fingerprint density at radius 1 is 1.11 bits per heavy atom. The number of sulfone groups is 1. The van der Waals surface area contributed by atoms with Crippen molar-refractivity contribution in [1.82, 2.24) is 0 Å². The molecule has 2 N–H and O–H groups in total. The lowest BCUT2D eigenvalue weighted by molar-refractivity contribution is 0.587. The van der Waals surface area contributed by atoms with Crippen LogP contribution in [0, 0.1) is 12.7 Å². The van der Waals surface area contributed by atoms with Gasteiger partial charge in [0.2, 0.25) is 0 Å². The SMILES string of the molecule is Cc1ccccc1S(=O)(=O)Cc1c(N)cccc1F. The smallest absolute Gasteiger partial charge is 0.182 e. The van der Waals surface area contributed by atoms with E-state index in [9.17, 15) is 12.8 Å². The standard InChI is InChI=1S/C14H14FNO2S/c1-10-5-2-3-8-14(10)19(17,18)9-11-12(15)6-4-7-13(11)16/h2-8H,9,16H2,1H3. The van der Waals surface area contributed by atoms with E-state index in [0.29, 0.717) is 5.56 Å². The molecular weight excluding hydrogens is 265 g/mol. The first-order valence-electron chi connectivity index (χ1n) is 5.73. The van der Waals surface area contributed by atoms with Gasteiger partial charge >= 0.3 is 0 Å². The molecular formula is C14H14FNO2S. The van der Waals surface area contributed by atoms with Crippen LogP contribution in [-0.4, -0.2) is 8.42 Å². The van der Waals surface area contributed by atoms with Gasteiger partial charge in [-0.3, -0.25) is 0 Å². The van der Waals surface area contributed by atoms with Crippen LogP contribution >= 0.6 is 0 Å². The van der Waals surface area contributed by atoms with E-state index in [0.717, 1.165) is 0 Å². The summed E-state index contributed by atoms with van der Waals surface area (Å²) in [6, 6.07) is 10.8. The minimum Gasteiger partial charge on any atom is -0.398 e. The Labute approximate surface area is 111 Å². The van der Waals surface area contributed by atoms with E-state index in [1.54, 1.807) is 25.1 Å². The van der Waals surface area contributed by atoms with Crippen LogP contribution in [0.15, 0.2) is 47.4 Å². The fourth-order valence-electron chi connectivity index (χ4n) is 1.90. The van der Waals surface area contributed by atoms with Gasteiger partial charge in [0.05, 0.1) is 10.6 Å². The summed E-state index contributed by atoms with van der Waals surface area (Å²) in [5.74, 6) is -1.03. The Balaban J connectivity index is 2.46. The lowest BCUT2D eigenvalue weighted by Crippen LogP contribution is -2.10. The monoisotopic (exact) mass is 279 g/mol. The zero-order chi connectivity index (χ0) is 14.0. The van der Waals surface area contributed by atoms with Gasteiger partial charge in [-0.1, -0.05) is 24.3 Å². The average molecular weight is 279 g/mol. The summed E-state index contributed by atoms with van der Waals surface area (Å²) in [6.07, 6.45) is 0. The van der Waals surface area contributed by atoms with E-state index < -0.39 is 21.4 Å². The molecule has 0 aliphatic rings. The maximum absolute atomic E-state index is 13.7. The minimum atomic E-state index is -3.61. The predicted octanol–water partition coefficient (Wildman–Crippen LogP) is 2.69. The Bertz CT molecular complexity index is 691. The summed E-state index contributed by atoms with van der Waals surface area (Å²) in [4.78, 5) is 0.206. The van der Waals surface area contributed by atoms with Crippen LogP contribution in [0.3, 0.4) is 0 Å². The molecule has 100 valence electrons. The lowest BCUT2D eigenvalue weighted by Gasteiger charge is -2.10. The molecule has 0 aliphatic heterocycles. The van der Waals surface area contributed by atoms with Crippen molar-refractivity contribution in [2.75, 3.05) is 5.73 Å². The Morgan fingerprint density at radius 2 is 1.79 bits per heavy atom. The predicted molar refractivity (Wildman–Crippen MR) is 72.9 cm³/mol. The van der Waals surface area contributed by atoms with Gasteiger partial charge in [-0.25, -0.2) is 12.8 Å². The molecule has 3 nitrogen and oxygen atoms in total. The number of benzene rings is 2. The number of hydrogen-bond acceptors (Lipinski definition) is 3. The Hall–Kier alpha value is -1.88. The fraction of sp³-hybridized carbons (Fsp3) is 0.143. The number of nitrogens with two attached hydrogens (primary N) is 1. The summed E-state index contributed by atoms with van der Waals surface area (Å²) < 4.78 is 38.3. The summed E-state index contributed by atoms with van der Waals surface area (Å²) >= 11 is 0. The molecule has 19 heavy (non-hydrogen) atoms. The van der Waals surface area contributed by atoms with Gasteiger partial charge < -0.3 is 5.73 Å². The van der Waals surface area contributed by atoms with Crippen LogP contribution in [0.25, 0.3) is 0 Å². The first-order chi connectivity index (χ1) is 8.92. The van der Waals surface area contributed by atoms with Crippen molar-refractivity contribution in [2.24, 2.45) is 0 Å². The molecule has 2 rings (SSSR count). The van der Waals surface area contributed by atoms with Gasteiger partial charge in [0.15, 0.2) is 9.84 Å². The van der Waals surface area contributed by atoms with Gasteiger partial charge in [0.1, 0.15) is 5.82 Å². The average Bonchev–Trinajstić information content (AvgIpc) is 2.34. The van der Waals surface area contributed by atoms with Crippen LogP contribution < -0.4 is 5.73 Å². The van der Waals surface area contributed by atoms with Crippen LogP contribution in [0.2, 0.25) is 0 Å². The first kappa shape index (κ1) is 13.5. The van der Waals surface area contributed by atoms with Gasteiger partial charge in [0, 0.05) is 11.3 Å². The highest BCUT2D eigenvalue weighted by molar-refractivity contribution is 7.90. The zero-order valence-corrected chi connectivity index (χ0v) is 11.2. The molecule has 0 saturated carbocycles. The van der Waals surface area contributed by atoms with Gasteiger partial charge in [-0.2, -0.15) is 0 Å². The maximum Gasteiger partial charge on any atom is 0.182 e. The van der Waals surface area contributed by atoms with E-state index in [1.807, 2.05) is 0 Å². The third-order valence-corrected chi connectivity index (χ3v) is 4.71. The van der Waals surface area contributed by atoms with E-state index in [-0.39, 0.29) is 16.1 Å². The molecule has 0 heterocycles. The number of halogens is 1. The van der Waals surface area contributed by atoms with Crippen molar-refractivity contribution >= 4 is 15.5 Å². The molecule has 0 fully saturated rings. The molecule has 0 saturated heterocycles. The van der Waals surface area contributed by atoms with Crippen molar-refractivity contribution in [2.45, 2.75) is 17.6 Å². The summed E-state index contributed by atoms with van der Waals surface area (Å²) in [5.41, 5.74) is 6.45. The second-order valence-electron chi connectivity index (χ2n) is 4.33. The highest BCUT2D eigenvalue weighted by Gasteiger charge is 2.20. The van der Waals surface area contributed by atoms with Crippen LogP contribution in [0.1, 0.15) is 11.1 Å². The maximum atomic E-state index is 13.7. The molecule has 0 aliphatic carbocycles. The van der Waals surface area contributed by atoms with Crippen LogP contribution in [-0.2, 0) is 15.6 Å². The Kier molecular flexibility index (Phi) is 3.57. The normalized spacial score (nSPS) is 11.5. The topological polar surface area (TPSA) is 60.2 Å². The largest absolute Gasteiger partial charge is 0.398 e. The highest BCUT2D eigenvalue weighted by Crippen LogP contribution is 2.24. The summed E-state index contributed by atoms with van der Waals surface area (Å²) in [6.45, 7) is 1.71. The van der Waals surface area contributed by atoms with E-state index in [2.05, 4.69) is 0 Å². The molecule has 0 bridgehead atoms. The molecule has 5 heteroatoms. The number of aryl methyl sites for hydroxylation is 1. The van der Waals surface area contributed by atoms with Gasteiger partial charge in [0.25, 0.3) is 0 Å². The van der Waals surface area contributed by atoms with Crippen molar-refractivity contribution in [1.29, 1.82) is 0 Å². The summed E-state index contributed by atoms with van der Waals surface area (Å²) in [5, 5.41) is 0.